The van der Waals surface area contributed by atoms with E-state index < -0.39 is 11.8 Å². The number of benzene rings is 1. The second-order valence-electron chi connectivity index (χ2n) is 3.12. The van der Waals surface area contributed by atoms with Crippen LogP contribution in [0.2, 0.25) is 0 Å². The average Bonchev–Trinajstić information content (AvgIpc) is 2.01. The Morgan fingerprint density at radius 2 is 1.79 bits per heavy atom. The van der Waals surface area contributed by atoms with Gasteiger partial charge in [0, 0.05) is 0 Å². The number of esters is 1. The van der Waals surface area contributed by atoms with Gasteiger partial charge in [0.15, 0.2) is 0 Å². The van der Waals surface area contributed by atoms with Crippen molar-refractivity contribution in [2.45, 2.75) is 13.8 Å². The number of carbonyl (C=O) groups is 1. The molecular formula is C11H11FO2. The van der Waals surface area contributed by atoms with Crippen LogP contribution in [0.3, 0.4) is 0 Å². The summed E-state index contributed by atoms with van der Waals surface area (Å²) in [4.78, 5) is 10.8. The highest BCUT2D eigenvalue weighted by atomic mass is 19.1. The van der Waals surface area contributed by atoms with Crippen molar-refractivity contribution in [1.82, 2.24) is 0 Å². The molecule has 1 aromatic carbocycles. The summed E-state index contributed by atoms with van der Waals surface area (Å²) in [5.74, 6) is -1.80. The van der Waals surface area contributed by atoms with Gasteiger partial charge in [-0.05, 0) is 37.1 Å². The number of ether oxygens (including phenoxy) is 1. The molecule has 0 atom stereocenters. The molecule has 1 rings (SSSR count). The lowest BCUT2D eigenvalue weighted by atomic mass is 10.1. The van der Waals surface area contributed by atoms with Crippen molar-refractivity contribution < 1.29 is 13.9 Å². The van der Waals surface area contributed by atoms with E-state index in [2.05, 4.69) is 6.58 Å². The predicted molar refractivity (Wildman–Crippen MR) is 51.8 cm³/mol. The van der Waals surface area contributed by atoms with Crippen LogP contribution >= 0.6 is 0 Å². The Kier molecular flexibility index (Phi) is 3.02. The third kappa shape index (κ3) is 2.69. The van der Waals surface area contributed by atoms with Gasteiger partial charge in [0.1, 0.15) is 5.75 Å². The number of hydrogen-bond donors (Lipinski definition) is 0. The molecule has 0 bridgehead atoms. The van der Waals surface area contributed by atoms with Crippen molar-refractivity contribution in [3.8, 4) is 5.75 Å². The van der Waals surface area contributed by atoms with E-state index in [0.29, 0.717) is 5.75 Å². The van der Waals surface area contributed by atoms with Crippen LogP contribution in [0.4, 0.5) is 4.39 Å². The first kappa shape index (κ1) is 10.4. The largest absolute Gasteiger partial charge is 0.421 e. The number of carbonyl (C=O) groups excluding carboxylic acids is 1. The monoisotopic (exact) mass is 194 g/mol. The van der Waals surface area contributed by atoms with E-state index in [1.807, 2.05) is 19.9 Å². The van der Waals surface area contributed by atoms with Crippen LogP contribution in [0, 0.1) is 13.8 Å². The maximum atomic E-state index is 12.3. The molecule has 3 heteroatoms. The molecule has 0 spiro atoms. The Hall–Kier alpha value is -1.64. The van der Waals surface area contributed by atoms with E-state index in [-0.39, 0.29) is 0 Å². The van der Waals surface area contributed by atoms with Gasteiger partial charge in [-0.1, -0.05) is 12.6 Å². The Labute approximate surface area is 82.0 Å². The normalized spacial score (nSPS) is 9.64. The Morgan fingerprint density at radius 1 is 1.29 bits per heavy atom. The maximum Gasteiger partial charge on any atom is 0.371 e. The molecule has 1 aromatic rings. The van der Waals surface area contributed by atoms with E-state index in [4.69, 9.17) is 4.74 Å². The summed E-state index contributed by atoms with van der Waals surface area (Å²) in [5.41, 5.74) is 1.91. The second-order valence-corrected chi connectivity index (χ2v) is 3.12. The molecule has 0 amide bonds. The quantitative estimate of drug-likeness (QED) is 0.411. The van der Waals surface area contributed by atoms with Gasteiger partial charge in [-0.15, -0.1) is 0 Å². The summed E-state index contributed by atoms with van der Waals surface area (Å²) < 4.78 is 17.0. The van der Waals surface area contributed by atoms with Crippen molar-refractivity contribution in [3.05, 3.63) is 41.7 Å². The smallest absolute Gasteiger partial charge is 0.371 e. The average molecular weight is 194 g/mol. The van der Waals surface area contributed by atoms with Crippen LogP contribution in [0.25, 0.3) is 0 Å². The SMILES string of the molecule is C=C(F)C(=O)Oc1cc(C)cc(C)c1. The summed E-state index contributed by atoms with van der Waals surface area (Å²) in [6.07, 6.45) is 0. The zero-order valence-electron chi connectivity index (χ0n) is 8.13. The van der Waals surface area contributed by atoms with E-state index in [1.165, 1.54) is 0 Å². The van der Waals surface area contributed by atoms with Gasteiger partial charge in [-0.25, -0.2) is 4.79 Å². The standard InChI is InChI=1S/C11H11FO2/c1-7-4-8(2)6-10(5-7)14-11(13)9(3)12/h4-6H,3H2,1-2H3. The predicted octanol–water partition coefficient (Wildman–Crippen LogP) is 2.69. The van der Waals surface area contributed by atoms with Crippen molar-refractivity contribution in [3.63, 3.8) is 0 Å². The zero-order valence-corrected chi connectivity index (χ0v) is 8.13. The fraction of sp³-hybridized carbons (Fsp3) is 0.182. The van der Waals surface area contributed by atoms with E-state index >= 15 is 0 Å². The minimum atomic E-state index is -1.09. The first-order chi connectivity index (χ1) is 6.49. The molecule has 0 radical (unpaired) electrons. The van der Waals surface area contributed by atoms with Crippen LogP contribution in [0.1, 0.15) is 11.1 Å². The zero-order chi connectivity index (χ0) is 10.7. The minimum Gasteiger partial charge on any atom is -0.421 e. The molecule has 0 fully saturated rings. The summed E-state index contributed by atoms with van der Waals surface area (Å²) >= 11 is 0. The molecule has 0 N–H and O–H groups in total. The first-order valence-electron chi connectivity index (χ1n) is 4.14. The number of halogens is 1. The maximum absolute atomic E-state index is 12.3. The summed E-state index contributed by atoms with van der Waals surface area (Å²) in [6.45, 7) is 6.59. The molecular weight excluding hydrogens is 183 g/mol. The second kappa shape index (κ2) is 4.05. The number of aryl methyl sites for hydroxylation is 2. The molecule has 0 aliphatic rings. The molecule has 14 heavy (non-hydrogen) atoms. The number of rotatable bonds is 2. The molecule has 2 nitrogen and oxygen atoms in total. The van der Waals surface area contributed by atoms with Gasteiger partial charge >= 0.3 is 5.97 Å². The molecule has 0 unspecified atom stereocenters. The summed E-state index contributed by atoms with van der Waals surface area (Å²) in [6, 6.07) is 5.25. The van der Waals surface area contributed by atoms with Crippen LogP contribution in [0.5, 0.6) is 5.75 Å². The van der Waals surface area contributed by atoms with E-state index in [1.54, 1.807) is 12.1 Å². The van der Waals surface area contributed by atoms with Gasteiger partial charge < -0.3 is 4.74 Å². The fourth-order valence-electron chi connectivity index (χ4n) is 1.15. The van der Waals surface area contributed by atoms with E-state index in [0.717, 1.165) is 11.1 Å². The number of hydrogen-bond acceptors (Lipinski definition) is 2. The van der Waals surface area contributed by atoms with E-state index in [9.17, 15) is 9.18 Å². The molecule has 74 valence electrons. The molecule has 0 aromatic heterocycles. The topological polar surface area (TPSA) is 26.3 Å². The summed E-state index contributed by atoms with van der Waals surface area (Å²) in [5, 5.41) is 0. The van der Waals surface area contributed by atoms with Crippen LogP contribution in [-0.2, 0) is 4.79 Å². The highest BCUT2D eigenvalue weighted by Crippen LogP contribution is 2.17. The van der Waals surface area contributed by atoms with Gasteiger partial charge in [-0.2, -0.15) is 4.39 Å². The lowest BCUT2D eigenvalue weighted by molar-refractivity contribution is -0.131. The molecule has 0 aliphatic heterocycles. The van der Waals surface area contributed by atoms with Crippen LogP contribution < -0.4 is 4.74 Å². The van der Waals surface area contributed by atoms with Crippen molar-refractivity contribution in [2.75, 3.05) is 0 Å². The van der Waals surface area contributed by atoms with Crippen LogP contribution in [0.15, 0.2) is 30.6 Å². The van der Waals surface area contributed by atoms with Gasteiger partial charge in [0.25, 0.3) is 0 Å². The molecule has 0 aliphatic carbocycles. The first-order valence-corrected chi connectivity index (χ1v) is 4.14. The molecule has 0 saturated carbocycles. The van der Waals surface area contributed by atoms with Gasteiger partial charge in [0.05, 0.1) is 0 Å². The molecule has 0 saturated heterocycles. The Morgan fingerprint density at radius 3 is 2.21 bits per heavy atom. The lowest BCUT2D eigenvalue weighted by Crippen LogP contribution is -2.07. The van der Waals surface area contributed by atoms with Gasteiger partial charge in [0.2, 0.25) is 5.83 Å². The van der Waals surface area contributed by atoms with Crippen LogP contribution in [-0.4, -0.2) is 5.97 Å². The Bertz CT molecular complexity index is 363. The van der Waals surface area contributed by atoms with Crippen molar-refractivity contribution in [1.29, 1.82) is 0 Å². The fourth-order valence-corrected chi connectivity index (χ4v) is 1.15. The highest BCUT2D eigenvalue weighted by molar-refractivity contribution is 5.87. The third-order valence-corrected chi connectivity index (χ3v) is 1.63. The van der Waals surface area contributed by atoms with Crippen molar-refractivity contribution in [2.24, 2.45) is 0 Å². The molecule has 0 heterocycles. The Balaban J connectivity index is 2.87. The summed E-state index contributed by atoms with van der Waals surface area (Å²) in [7, 11) is 0. The van der Waals surface area contributed by atoms with Gasteiger partial charge in [-0.3, -0.25) is 0 Å². The lowest BCUT2D eigenvalue weighted by Gasteiger charge is -2.04. The minimum absolute atomic E-state index is 0.339. The highest BCUT2D eigenvalue weighted by Gasteiger charge is 2.08. The van der Waals surface area contributed by atoms with Crippen molar-refractivity contribution >= 4 is 5.97 Å². The third-order valence-electron chi connectivity index (χ3n) is 1.63.